The number of pyridine rings is 1. The molecule has 1 saturated carbocycles. The Labute approximate surface area is 199 Å². The van der Waals surface area contributed by atoms with Crippen molar-refractivity contribution in [2.24, 2.45) is 0 Å². The quantitative estimate of drug-likeness (QED) is 0.441. The van der Waals surface area contributed by atoms with Crippen LogP contribution in [0.2, 0.25) is 0 Å². The first-order valence-electron chi connectivity index (χ1n) is 11.7. The van der Waals surface area contributed by atoms with Gasteiger partial charge in [0.1, 0.15) is 0 Å². The first kappa shape index (κ1) is 25.6. The van der Waals surface area contributed by atoms with Crippen LogP contribution in [0.15, 0.2) is 42.6 Å². The Morgan fingerprint density at radius 2 is 2.03 bits per heavy atom. The summed E-state index contributed by atoms with van der Waals surface area (Å²) in [6.45, 7) is 6.20. The molecule has 4 rings (SSSR count). The van der Waals surface area contributed by atoms with Gasteiger partial charge in [-0.3, -0.25) is 9.78 Å². The fourth-order valence-electron chi connectivity index (χ4n) is 3.61. The lowest BCUT2D eigenvalue weighted by Crippen LogP contribution is -2.45. The van der Waals surface area contributed by atoms with Gasteiger partial charge in [-0.15, -0.1) is 0 Å². The average molecular weight is 473 g/mol. The normalized spacial score (nSPS) is 16.6. The number of carbonyl (C=O) groups excluding carboxylic acids is 1. The van der Waals surface area contributed by atoms with E-state index >= 15 is 0 Å². The maximum Gasteiger partial charge on any atom is 0.321 e. The summed E-state index contributed by atoms with van der Waals surface area (Å²) in [5.74, 6) is -3.88. The van der Waals surface area contributed by atoms with E-state index in [1.807, 2.05) is 30.5 Å². The van der Waals surface area contributed by atoms with Gasteiger partial charge in [-0.1, -0.05) is 6.07 Å². The third kappa shape index (κ3) is 7.76. The van der Waals surface area contributed by atoms with Crippen molar-refractivity contribution in [2.45, 2.75) is 44.6 Å². The fourth-order valence-corrected chi connectivity index (χ4v) is 3.61. The molecule has 34 heavy (non-hydrogen) atoms. The third-order valence-electron chi connectivity index (χ3n) is 5.73. The Morgan fingerprint density at radius 3 is 2.62 bits per heavy atom. The third-order valence-corrected chi connectivity index (χ3v) is 5.73. The molecule has 0 radical (unpaired) electrons. The number of hydrogen-bond acceptors (Lipinski definition) is 6. The van der Waals surface area contributed by atoms with Crippen LogP contribution in [0.3, 0.4) is 0 Å². The number of piperazine rings is 1. The van der Waals surface area contributed by atoms with E-state index < -0.39 is 17.9 Å². The lowest BCUT2D eigenvalue weighted by atomic mass is 10.1. The standard InChI is InChI=1S/C17H25F2N5O.C8H9N/c1-12(23-16(25)17(2,18)19)11-22-15-4-3-14(9-13(15)10-20)24-7-5-21-6-8-24;1-2-6-9-8(3-1)7-4-5-7/h3-4,9-10,12,20-22H,5-8,11H2,1-2H3,(H,23,25);1-3,6-7H,4-5H2. The molecule has 1 saturated heterocycles. The van der Waals surface area contributed by atoms with Gasteiger partial charge >= 0.3 is 5.92 Å². The molecule has 1 atom stereocenters. The maximum atomic E-state index is 12.9. The van der Waals surface area contributed by atoms with Crippen molar-refractivity contribution in [3.63, 3.8) is 0 Å². The van der Waals surface area contributed by atoms with Gasteiger partial charge < -0.3 is 26.3 Å². The van der Waals surface area contributed by atoms with Crippen LogP contribution in [0.4, 0.5) is 20.2 Å². The molecule has 1 amide bonds. The van der Waals surface area contributed by atoms with Crippen LogP contribution in [0.25, 0.3) is 0 Å². The molecule has 1 aliphatic heterocycles. The summed E-state index contributed by atoms with van der Waals surface area (Å²) in [5, 5.41) is 16.3. The van der Waals surface area contributed by atoms with Crippen LogP contribution in [0.5, 0.6) is 0 Å². The minimum Gasteiger partial charge on any atom is -0.382 e. The number of nitrogens with one attached hydrogen (secondary N) is 4. The highest BCUT2D eigenvalue weighted by atomic mass is 19.3. The minimum atomic E-state index is -3.39. The van der Waals surface area contributed by atoms with Gasteiger partial charge in [0.25, 0.3) is 5.91 Å². The minimum absolute atomic E-state index is 0.287. The molecule has 184 valence electrons. The number of nitrogens with zero attached hydrogens (tertiary/aromatic N) is 2. The average Bonchev–Trinajstić information content (AvgIpc) is 3.69. The van der Waals surface area contributed by atoms with Gasteiger partial charge in [0.15, 0.2) is 0 Å². The lowest BCUT2D eigenvalue weighted by Gasteiger charge is -2.30. The molecule has 9 heteroatoms. The Balaban J connectivity index is 0.000000296. The van der Waals surface area contributed by atoms with Crippen molar-refractivity contribution in [1.29, 1.82) is 5.41 Å². The van der Waals surface area contributed by atoms with Gasteiger partial charge in [0.2, 0.25) is 0 Å². The molecular weight excluding hydrogens is 438 g/mol. The lowest BCUT2D eigenvalue weighted by molar-refractivity contribution is -0.143. The van der Waals surface area contributed by atoms with E-state index in [1.165, 1.54) is 24.8 Å². The molecule has 0 spiro atoms. The first-order chi connectivity index (χ1) is 16.3. The van der Waals surface area contributed by atoms with Crippen molar-refractivity contribution < 1.29 is 13.6 Å². The van der Waals surface area contributed by atoms with Gasteiger partial charge in [-0.25, -0.2) is 0 Å². The molecule has 2 aromatic rings. The number of amides is 1. The monoisotopic (exact) mass is 472 g/mol. The molecule has 2 fully saturated rings. The van der Waals surface area contributed by atoms with Crippen LogP contribution in [-0.2, 0) is 4.79 Å². The van der Waals surface area contributed by atoms with Gasteiger partial charge in [0.05, 0.1) is 0 Å². The molecular formula is C25H34F2N6O. The Morgan fingerprint density at radius 1 is 1.29 bits per heavy atom. The van der Waals surface area contributed by atoms with Crippen molar-refractivity contribution in [3.8, 4) is 0 Å². The molecule has 1 aromatic heterocycles. The number of carbonyl (C=O) groups is 1. The van der Waals surface area contributed by atoms with Gasteiger partial charge in [-0.2, -0.15) is 8.78 Å². The second kappa shape index (κ2) is 11.9. The summed E-state index contributed by atoms with van der Waals surface area (Å²) < 4.78 is 25.8. The zero-order valence-corrected chi connectivity index (χ0v) is 19.8. The van der Waals surface area contributed by atoms with Crippen molar-refractivity contribution >= 4 is 23.5 Å². The predicted molar refractivity (Wildman–Crippen MR) is 132 cm³/mol. The van der Waals surface area contributed by atoms with Crippen LogP contribution < -0.4 is 20.9 Å². The molecule has 4 N–H and O–H groups in total. The van der Waals surface area contributed by atoms with Crippen LogP contribution in [0.1, 0.15) is 43.9 Å². The number of aromatic nitrogens is 1. The predicted octanol–water partition coefficient (Wildman–Crippen LogP) is 3.62. The molecule has 1 aliphatic carbocycles. The van der Waals surface area contributed by atoms with E-state index in [0.717, 1.165) is 49.0 Å². The first-order valence-corrected chi connectivity index (χ1v) is 11.7. The zero-order chi connectivity index (χ0) is 24.6. The molecule has 1 unspecified atom stereocenters. The topological polar surface area (TPSA) is 93.1 Å². The van der Waals surface area contributed by atoms with Crippen molar-refractivity contribution in [1.82, 2.24) is 15.6 Å². The number of benzene rings is 1. The number of anilines is 2. The zero-order valence-electron chi connectivity index (χ0n) is 19.8. The van der Waals surface area contributed by atoms with E-state index in [0.29, 0.717) is 6.92 Å². The number of alkyl halides is 2. The van der Waals surface area contributed by atoms with Gasteiger partial charge in [-0.05, 0) is 50.1 Å². The van der Waals surface area contributed by atoms with E-state index in [1.54, 1.807) is 6.92 Å². The molecule has 2 aliphatic rings. The van der Waals surface area contributed by atoms with E-state index in [2.05, 4.69) is 38.0 Å². The van der Waals surface area contributed by atoms with Crippen LogP contribution >= 0.6 is 0 Å². The Bertz CT molecular complexity index is 940. The highest BCUT2D eigenvalue weighted by Crippen LogP contribution is 2.38. The molecule has 0 bridgehead atoms. The van der Waals surface area contributed by atoms with E-state index in [9.17, 15) is 13.6 Å². The Kier molecular flexibility index (Phi) is 8.92. The van der Waals surface area contributed by atoms with Crippen LogP contribution in [0, 0.1) is 5.41 Å². The second-order valence-corrected chi connectivity index (χ2v) is 8.83. The molecule has 7 nitrogen and oxygen atoms in total. The summed E-state index contributed by atoms with van der Waals surface area (Å²) >= 11 is 0. The fraction of sp³-hybridized carbons (Fsp3) is 0.480. The largest absolute Gasteiger partial charge is 0.382 e. The molecule has 2 heterocycles. The summed E-state index contributed by atoms with van der Waals surface area (Å²) in [4.78, 5) is 17.8. The van der Waals surface area contributed by atoms with E-state index in [4.69, 9.17) is 5.41 Å². The molecule has 1 aromatic carbocycles. The summed E-state index contributed by atoms with van der Waals surface area (Å²) in [6.07, 6.45) is 5.82. The highest BCUT2D eigenvalue weighted by molar-refractivity contribution is 5.88. The summed E-state index contributed by atoms with van der Waals surface area (Å²) in [5.41, 5.74) is 3.78. The highest BCUT2D eigenvalue weighted by Gasteiger charge is 2.32. The SMILES string of the molecule is CC(CNc1ccc(N2CCNCC2)cc1C=N)NC(=O)C(C)(F)F.c1ccc(C2CC2)nc1. The number of rotatable bonds is 8. The summed E-state index contributed by atoms with van der Waals surface area (Å²) in [7, 11) is 0. The smallest absolute Gasteiger partial charge is 0.321 e. The second-order valence-electron chi connectivity index (χ2n) is 8.83. The Hall–Kier alpha value is -3.07. The number of halogens is 2. The van der Waals surface area contributed by atoms with Crippen LogP contribution in [-0.4, -0.2) is 61.8 Å². The van der Waals surface area contributed by atoms with Crippen molar-refractivity contribution in [2.75, 3.05) is 42.9 Å². The van der Waals surface area contributed by atoms with Crippen molar-refractivity contribution in [3.05, 3.63) is 53.9 Å². The number of hydrogen-bond donors (Lipinski definition) is 4. The van der Waals surface area contributed by atoms with E-state index in [-0.39, 0.29) is 6.54 Å². The summed E-state index contributed by atoms with van der Waals surface area (Å²) in [6, 6.07) is 11.4. The maximum absolute atomic E-state index is 12.9. The van der Waals surface area contributed by atoms with Gasteiger partial charge in [0, 0.05) is 86.7 Å².